The van der Waals surface area contributed by atoms with E-state index in [-0.39, 0.29) is 0 Å². The highest BCUT2D eigenvalue weighted by molar-refractivity contribution is 7.26. The number of hydrogen-bond donors (Lipinski definition) is 0. The van der Waals surface area contributed by atoms with Crippen LogP contribution < -0.4 is 0 Å². The molecule has 10 aromatic rings. The van der Waals surface area contributed by atoms with Crippen LogP contribution in [0.15, 0.2) is 182 Å². The average molecular weight is 639 g/mol. The molecule has 49 heavy (non-hydrogen) atoms. The molecule has 0 saturated carbocycles. The first-order valence-electron chi connectivity index (χ1n) is 16.8. The second-order valence-corrected chi connectivity index (χ2v) is 13.9. The molecular formula is C48H30S. The molecule has 0 saturated heterocycles. The van der Waals surface area contributed by atoms with Gasteiger partial charge in [0.15, 0.2) is 0 Å². The predicted molar refractivity (Wildman–Crippen MR) is 214 cm³/mol. The first-order chi connectivity index (χ1) is 24.3. The quantitative estimate of drug-likeness (QED) is 0.168. The summed E-state index contributed by atoms with van der Waals surface area (Å²) in [5.74, 6) is 0. The van der Waals surface area contributed by atoms with Crippen molar-refractivity contribution in [3.05, 3.63) is 182 Å². The summed E-state index contributed by atoms with van der Waals surface area (Å²) in [4.78, 5) is 0. The van der Waals surface area contributed by atoms with E-state index in [9.17, 15) is 0 Å². The van der Waals surface area contributed by atoms with Crippen molar-refractivity contribution < 1.29 is 0 Å². The second kappa shape index (κ2) is 11.3. The van der Waals surface area contributed by atoms with E-state index in [4.69, 9.17) is 0 Å². The van der Waals surface area contributed by atoms with Crippen LogP contribution in [0.3, 0.4) is 0 Å². The highest BCUT2D eigenvalue weighted by atomic mass is 32.1. The zero-order valence-corrected chi connectivity index (χ0v) is 27.5. The Bertz CT molecular complexity index is 2830. The summed E-state index contributed by atoms with van der Waals surface area (Å²) in [5.41, 5.74) is 10.0. The van der Waals surface area contributed by atoms with Crippen LogP contribution in [0.25, 0.3) is 97.0 Å². The van der Waals surface area contributed by atoms with Gasteiger partial charge in [0.2, 0.25) is 0 Å². The maximum atomic E-state index is 2.40. The van der Waals surface area contributed by atoms with Crippen LogP contribution in [0.5, 0.6) is 0 Å². The lowest BCUT2D eigenvalue weighted by molar-refractivity contribution is 1.62. The van der Waals surface area contributed by atoms with Gasteiger partial charge in [-0.1, -0.05) is 158 Å². The maximum absolute atomic E-state index is 2.40. The van der Waals surface area contributed by atoms with Crippen LogP contribution in [-0.4, -0.2) is 0 Å². The number of rotatable bonds is 4. The minimum absolute atomic E-state index is 1.23. The van der Waals surface area contributed by atoms with E-state index < -0.39 is 0 Å². The normalized spacial score (nSPS) is 11.7. The van der Waals surface area contributed by atoms with Crippen LogP contribution in [0.1, 0.15) is 0 Å². The summed E-state index contributed by atoms with van der Waals surface area (Å²) >= 11 is 1.89. The largest absolute Gasteiger partial charge is 0.135 e. The molecule has 0 fully saturated rings. The fraction of sp³-hybridized carbons (Fsp3) is 0. The topological polar surface area (TPSA) is 0 Å². The monoisotopic (exact) mass is 638 g/mol. The van der Waals surface area contributed by atoms with Crippen molar-refractivity contribution in [1.29, 1.82) is 0 Å². The standard InChI is InChI=1S/C48H30S/c1-2-13-32-28-34(27-26-31(32)12-1)33-14-9-16-36(29-33)46-40-19-3-5-21-42(40)47(43-22-6-4-20-41(43)46)37-17-10-15-35(30-37)38-23-11-24-44-39-18-7-8-25-45(39)49-48(38)44/h1-30H. The van der Waals surface area contributed by atoms with Gasteiger partial charge in [0, 0.05) is 20.2 Å². The molecule has 0 unspecified atom stereocenters. The SMILES string of the molecule is c1cc(-c2ccc3ccccc3c2)cc(-c2c3ccccc3c(-c3cccc(-c4cccc5c4sc4ccccc45)c3)c3ccccc23)c1. The third-order valence-electron chi connectivity index (χ3n) is 10.0. The number of benzene rings is 9. The summed E-state index contributed by atoms with van der Waals surface area (Å²) < 4.78 is 2.68. The van der Waals surface area contributed by atoms with Gasteiger partial charge < -0.3 is 0 Å². The smallest absolute Gasteiger partial charge is 0.0433 e. The van der Waals surface area contributed by atoms with Gasteiger partial charge in [-0.25, -0.2) is 0 Å². The molecule has 0 nitrogen and oxygen atoms in total. The number of hydrogen-bond acceptors (Lipinski definition) is 1. The van der Waals surface area contributed by atoms with Gasteiger partial charge in [-0.3, -0.25) is 0 Å². The molecule has 10 rings (SSSR count). The maximum Gasteiger partial charge on any atom is 0.0433 e. The highest BCUT2D eigenvalue weighted by Gasteiger charge is 2.18. The molecule has 1 heterocycles. The molecule has 0 atom stereocenters. The van der Waals surface area contributed by atoms with Crippen molar-refractivity contribution in [3.8, 4) is 44.5 Å². The summed E-state index contributed by atoms with van der Waals surface area (Å²) in [7, 11) is 0. The summed E-state index contributed by atoms with van der Waals surface area (Å²) in [6.45, 7) is 0. The van der Waals surface area contributed by atoms with Gasteiger partial charge in [0.25, 0.3) is 0 Å². The van der Waals surface area contributed by atoms with Crippen molar-refractivity contribution >= 4 is 63.8 Å². The number of fused-ring (bicyclic) bond motifs is 6. The summed E-state index contributed by atoms with van der Waals surface area (Å²) in [6, 6.07) is 67.0. The van der Waals surface area contributed by atoms with Gasteiger partial charge >= 0.3 is 0 Å². The van der Waals surface area contributed by atoms with Crippen molar-refractivity contribution in [2.75, 3.05) is 0 Å². The lowest BCUT2D eigenvalue weighted by Gasteiger charge is -2.18. The number of thiophene rings is 1. The molecule has 1 aromatic heterocycles. The van der Waals surface area contributed by atoms with E-state index in [0.29, 0.717) is 0 Å². The van der Waals surface area contributed by atoms with Gasteiger partial charge in [0.05, 0.1) is 0 Å². The van der Waals surface area contributed by atoms with E-state index in [0.717, 1.165) is 0 Å². The minimum Gasteiger partial charge on any atom is -0.135 e. The average Bonchev–Trinajstić information content (AvgIpc) is 3.56. The Hall–Kier alpha value is -6.02. The Labute approximate surface area is 289 Å². The van der Waals surface area contributed by atoms with Crippen molar-refractivity contribution in [2.45, 2.75) is 0 Å². The van der Waals surface area contributed by atoms with Crippen LogP contribution in [-0.2, 0) is 0 Å². The molecule has 0 radical (unpaired) electrons. The summed E-state index contributed by atoms with van der Waals surface area (Å²) in [5, 5.41) is 10.3. The molecule has 0 aliphatic carbocycles. The fourth-order valence-electron chi connectivity index (χ4n) is 7.79. The lowest BCUT2D eigenvalue weighted by Crippen LogP contribution is -1.91. The zero-order valence-electron chi connectivity index (χ0n) is 26.7. The van der Waals surface area contributed by atoms with Crippen molar-refractivity contribution in [2.24, 2.45) is 0 Å². The van der Waals surface area contributed by atoms with E-state index in [1.165, 1.54) is 97.0 Å². The third-order valence-corrected chi connectivity index (χ3v) is 11.3. The molecule has 1 heteroatoms. The first kappa shape index (κ1) is 28.0. The minimum atomic E-state index is 1.23. The van der Waals surface area contributed by atoms with Crippen molar-refractivity contribution in [3.63, 3.8) is 0 Å². The molecule has 0 aliphatic heterocycles. The predicted octanol–water partition coefficient (Wildman–Crippen LogP) is 14.2. The molecule has 0 N–H and O–H groups in total. The van der Waals surface area contributed by atoms with E-state index in [1.54, 1.807) is 0 Å². The highest BCUT2D eigenvalue weighted by Crippen LogP contribution is 2.46. The van der Waals surface area contributed by atoms with Gasteiger partial charge in [-0.2, -0.15) is 0 Å². The first-order valence-corrected chi connectivity index (χ1v) is 17.7. The lowest BCUT2D eigenvalue weighted by atomic mass is 9.85. The van der Waals surface area contributed by atoms with E-state index in [1.807, 2.05) is 11.3 Å². The van der Waals surface area contributed by atoms with E-state index in [2.05, 4.69) is 182 Å². The second-order valence-electron chi connectivity index (χ2n) is 12.8. The molecule has 228 valence electrons. The van der Waals surface area contributed by atoms with Gasteiger partial charge in [0.1, 0.15) is 0 Å². The Morgan fingerprint density at radius 2 is 0.776 bits per heavy atom. The van der Waals surface area contributed by atoms with Crippen LogP contribution in [0.2, 0.25) is 0 Å². The van der Waals surface area contributed by atoms with Gasteiger partial charge in [-0.15, -0.1) is 11.3 Å². The van der Waals surface area contributed by atoms with Crippen LogP contribution in [0.4, 0.5) is 0 Å². The fourth-order valence-corrected chi connectivity index (χ4v) is 9.03. The Balaban J connectivity index is 1.18. The van der Waals surface area contributed by atoms with Gasteiger partial charge in [-0.05, 0) is 101 Å². The third kappa shape index (κ3) is 4.58. The van der Waals surface area contributed by atoms with Crippen LogP contribution >= 0.6 is 11.3 Å². The van der Waals surface area contributed by atoms with E-state index >= 15 is 0 Å². The molecule has 0 aliphatic rings. The Morgan fingerprint density at radius 1 is 0.286 bits per heavy atom. The molecule has 0 bridgehead atoms. The van der Waals surface area contributed by atoms with Crippen molar-refractivity contribution in [1.82, 2.24) is 0 Å². The zero-order chi connectivity index (χ0) is 32.3. The Morgan fingerprint density at radius 3 is 1.47 bits per heavy atom. The molecule has 0 amide bonds. The summed E-state index contributed by atoms with van der Waals surface area (Å²) in [6.07, 6.45) is 0. The van der Waals surface area contributed by atoms with Crippen LogP contribution in [0, 0.1) is 0 Å². The molecule has 0 spiro atoms. The Kier molecular flexibility index (Phi) is 6.47. The molecule has 9 aromatic carbocycles. The molecular weight excluding hydrogens is 609 g/mol.